The third-order valence-corrected chi connectivity index (χ3v) is 7.42. The van der Waals surface area contributed by atoms with Crippen LogP contribution in [0.5, 0.6) is 0 Å². The van der Waals surface area contributed by atoms with Gasteiger partial charge in [0.05, 0.1) is 10.3 Å². The Morgan fingerprint density at radius 1 is 0.805 bits per heavy atom. The molecule has 0 aromatic heterocycles. The van der Waals surface area contributed by atoms with Crippen molar-refractivity contribution in [3.05, 3.63) is 130 Å². The lowest BCUT2D eigenvalue weighted by Crippen LogP contribution is -2.30. The fourth-order valence-corrected chi connectivity index (χ4v) is 4.91. The average molecular weight is 609 g/mol. The number of hydrogen-bond donors (Lipinski definition) is 3. The Balaban J connectivity index is 1.48. The number of thioether (sulfide) groups is 1. The van der Waals surface area contributed by atoms with Crippen LogP contribution in [0, 0.1) is 5.82 Å². The smallest absolute Gasteiger partial charge is 0.272 e. The number of anilines is 2. The van der Waals surface area contributed by atoms with Crippen LogP contribution >= 0.6 is 35.0 Å². The van der Waals surface area contributed by atoms with Crippen molar-refractivity contribution in [2.24, 2.45) is 0 Å². The number of carbonyl (C=O) groups excluding carboxylic acids is 3. The summed E-state index contributed by atoms with van der Waals surface area (Å²) in [6.07, 6.45) is 1.51. The van der Waals surface area contributed by atoms with Crippen LogP contribution in [-0.2, 0) is 9.59 Å². The lowest BCUT2D eigenvalue weighted by Gasteiger charge is -2.14. The normalized spacial score (nSPS) is 11.9. The number of halogens is 3. The van der Waals surface area contributed by atoms with Crippen LogP contribution in [0.4, 0.5) is 15.8 Å². The van der Waals surface area contributed by atoms with Gasteiger partial charge in [0.1, 0.15) is 11.5 Å². The van der Waals surface area contributed by atoms with E-state index in [1.54, 1.807) is 85.8 Å². The first-order valence-electron chi connectivity index (χ1n) is 12.4. The number of rotatable bonds is 9. The molecular weight excluding hydrogens is 584 g/mol. The molecule has 208 valence electrons. The minimum atomic E-state index is -0.574. The number of hydrogen-bond acceptors (Lipinski definition) is 4. The molecule has 0 heterocycles. The zero-order valence-electron chi connectivity index (χ0n) is 21.7. The second-order valence-corrected chi connectivity index (χ2v) is 11.0. The van der Waals surface area contributed by atoms with E-state index in [9.17, 15) is 18.8 Å². The van der Waals surface area contributed by atoms with Crippen LogP contribution in [0.3, 0.4) is 0 Å². The van der Waals surface area contributed by atoms with Crippen molar-refractivity contribution in [3.8, 4) is 0 Å². The Morgan fingerprint density at radius 3 is 2.24 bits per heavy atom. The number of amides is 3. The van der Waals surface area contributed by atoms with Crippen molar-refractivity contribution < 1.29 is 18.8 Å². The third kappa shape index (κ3) is 8.44. The van der Waals surface area contributed by atoms with Crippen molar-refractivity contribution in [1.82, 2.24) is 5.32 Å². The molecule has 0 aliphatic heterocycles. The van der Waals surface area contributed by atoms with Gasteiger partial charge in [-0.2, -0.15) is 0 Å². The van der Waals surface area contributed by atoms with E-state index in [-0.39, 0.29) is 16.6 Å². The Hall–Kier alpha value is -4.11. The van der Waals surface area contributed by atoms with Gasteiger partial charge in [-0.3, -0.25) is 14.4 Å². The molecule has 0 saturated carbocycles. The molecule has 0 aliphatic rings. The molecule has 10 heteroatoms. The van der Waals surface area contributed by atoms with Crippen LogP contribution in [0.15, 0.2) is 108 Å². The molecule has 0 aliphatic carbocycles. The first-order valence-corrected chi connectivity index (χ1v) is 14.0. The van der Waals surface area contributed by atoms with Gasteiger partial charge < -0.3 is 16.0 Å². The zero-order valence-corrected chi connectivity index (χ0v) is 24.0. The van der Waals surface area contributed by atoms with Gasteiger partial charge in [-0.05, 0) is 73.2 Å². The first-order chi connectivity index (χ1) is 19.7. The predicted molar refractivity (Wildman–Crippen MR) is 164 cm³/mol. The number of nitrogens with one attached hydrogen (secondary N) is 3. The molecule has 1 unspecified atom stereocenters. The van der Waals surface area contributed by atoms with Gasteiger partial charge in [0.2, 0.25) is 5.91 Å². The highest BCUT2D eigenvalue weighted by atomic mass is 35.5. The fourth-order valence-electron chi connectivity index (χ4n) is 3.61. The second-order valence-electron chi connectivity index (χ2n) is 8.76. The van der Waals surface area contributed by atoms with Crippen LogP contribution < -0.4 is 16.0 Å². The van der Waals surface area contributed by atoms with Gasteiger partial charge in [-0.15, -0.1) is 11.8 Å². The molecule has 3 N–H and O–H groups in total. The molecule has 3 amide bonds. The quantitative estimate of drug-likeness (QED) is 0.135. The number of benzene rings is 4. The highest BCUT2D eigenvalue weighted by Gasteiger charge is 2.18. The van der Waals surface area contributed by atoms with E-state index in [4.69, 9.17) is 23.2 Å². The molecule has 4 rings (SSSR count). The molecule has 0 saturated heterocycles. The summed E-state index contributed by atoms with van der Waals surface area (Å²) >= 11 is 13.4. The lowest BCUT2D eigenvalue weighted by molar-refractivity contribution is -0.115. The molecule has 0 radical (unpaired) electrons. The maximum atomic E-state index is 13.4. The summed E-state index contributed by atoms with van der Waals surface area (Å²) in [5, 5.41) is 8.00. The second kappa shape index (κ2) is 14.0. The van der Waals surface area contributed by atoms with Crippen LogP contribution in [0.2, 0.25) is 10.0 Å². The maximum absolute atomic E-state index is 13.4. The van der Waals surface area contributed by atoms with E-state index in [0.29, 0.717) is 32.4 Å². The number of carbonyl (C=O) groups is 3. The molecule has 1 atom stereocenters. The van der Waals surface area contributed by atoms with Crippen molar-refractivity contribution in [1.29, 1.82) is 0 Å². The van der Waals surface area contributed by atoms with Gasteiger partial charge in [0.25, 0.3) is 11.8 Å². The summed E-state index contributed by atoms with van der Waals surface area (Å²) in [5.41, 5.74) is 1.77. The van der Waals surface area contributed by atoms with Crippen molar-refractivity contribution in [2.75, 3.05) is 10.6 Å². The molecule has 0 bridgehead atoms. The summed E-state index contributed by atoms with van der Waals surface area (Å²) in [4.78, 5) is 39.6. The van der Waals surface area contributed by atoms with E-state index in [1.165, 1.54) is 36.0 Å². The molecular formula is C31H24Cl2FN3O3S. The molecule has 4 aromatic carbocycles. The van der Waals surface area contributed by atoms with Gasteiger partial charge >= 0.3 is 0 Å². The van der Waals surface area contributed by atoms with Crippen LogP contribution in [0.25, 0.3) is 6.08 Å². The summed E-state index contributed by atoms with van der Waals surface area (Å²) in [7, 11) is 0. The molecule has 0 spiro atoms. The summed E-state index contributed by atoms with van der Waals surface area (Å²) in [5.74, 6) is -1.89. The van der Waals surface area contributed by atoms with Gasteiger partial charge in [-0.25, -0.2) is 4.39 Å². The third-order valence-electron chi connectivity index (χ3n) is 5.69. The molecule has 6 nitrogen and oxygen atoms in total. The Bertz CT molecular complexity index is 1620. The average Bonchev–Trinajstić information content (AvgIpc) is 2.96. The summed E-state index contributed by atoms with van der Waals surface area (Å²) < 4.78 is 13.4. The SMILES string of the molecule is CC(Sc1cccc(NC(=O)/C(=C\c2ccccc2Cl)NC(=O)c2ccccc2)c1)C(=O)Nc1ccc(F)c(Cl)c1. The lowest BCUT2D eigenvalue weighted by atomic mass is 10.1. The minimum Gasteiger partial charge on any atom is -0.325 e. The Morgan fingerprint density at radius 2 is 1.51 bits per heavy atom. The van der Waals surface area contributed by atoms with E-state index >= 15 is 0 Å². The highest BCUT2D eigenvalue weighted by molar-refractivity contribution is 8.00. The molecule has 41 heavy (non-hydrogen) atoms. The highest BCUT2D eigenvalue weighted by Crippen LogP contribution is 2.28. The van der Waals surface area contributed by atoms with E-state index in [0.717, 1.165) is 0 Å². The topological polar surface area (TPSA) is 87.3 Å². The van der Waals surface area contributed by atoms with E-state index in [2.05, 4.69) is 16.0 Å². The summed E-state index contributed by atoms with van der Waals surface area (Å²) in [6, 6.07) is 26.4. The fraction of sp³-hybridized carbons (Fsp3) is 0.0645. The standard InChI is InChI=1S/C31H24Cl2FN3O3S/c1-19(29(38)35-23-14-15-27(34)26(33)18-23)41-24-12-7-11-22(17-24)36-31(40)28(16-21-10-5-6-13-25(21)32)37-30(39)20-8-3-2-4-9-20/h2-19H,1H3,(H,35,38)(H,36,40)(H,37,39)/b28-16+. The first kappa shape index (κ1) is 29.9. The van der Waals surface area contributed by atoms with Crippen molar-refractivity contribution >= 4 is 70.1 Å². The molecule has 0 fully saturated rings. The van der Waals surface area contributed by atoms with Crippen molar-refractivity contribution in [3.63, 3.8) is 0 Å². The van der Waals surface area contributed by atoms with Gasteiger partial charge in [-0.1, -0.05) is 65.7 Å². The molecule has 4 aromatic rings. The Labute approximate surface area is 250 Å². The predicted octanol–water partition coefficient (Wildman–Crippen LogP) is 7.66. The minimum absolute atomic E-state index is 0.00397. The van der Waals surface area contributed by atoms with E-state index < -0.39 is 22.9 Å². The van der Waals surface area contributed by atoms with Gasteiger partial charge in [0.15, 0.2) is 0 Å². The largest absolute Gasteiger partial charge is 0.325 e. The van der Waals surface area contributed by atoms with Crippen molar-refractivity contribution in [2.45, 2.75) is 17.1 Å². The monoisotopic (exact) mass is 607 g/mol. The zero-order chi connectivity index (χ0) is 29.4. The van der Waals surface area contributed by atoms with Crippen LogP contribution in [0.1, 0.15) is 22.8 Å². The van der Waals surface area contributed by atoms with E-state index in [1.807, 2.05) is 0 Å². The summed E-state index contributed by atoms with van der Waals surface area (Å²) in [6.45, 7) is 1.72. The van der Waals surface area contributed by atoms with Gasteiger partial charge in [0, 0.05) is 26.9 Å². The Kier molecular flexibility index (Phi) is 10.2. The maximum Gasteiger partial charge on any atom is 0.272 e. The van der Waals surface area contributed by atoms with Crippen LogP contribution in [-0.4, -0.2) is 23.0 Å².